The number of amides is 1. The predicted octanol–water partition coefficient (Wildman–Crippen LogP) is 3.09. The molecule has 2 aromatic rings. The molecule has 128 valence electrons. The van der Waals surface area contributed by atoms with Crippen LogP contribution in [-0.4, -0.2) is 35.3 Å². The number of benzene rings is 1. The quantitative estimate of drug-likeness (QED) is 0.854. The Morgan fingerprint density at radius 3 is 3.00 bits per heavy atom. The number of aromatic nitrogens is 2. The van der Waals surface area contributed by atoms with Crippen LogP contribution in [0.25, 0.3) is 0 Å². The molecule has 1 aromatic carbocycles. The maximum absolute atomic E-state index is 12.2. The zero-order valence-electron chi connectivity index (χ0n) is 13.3. The zero-order valence-corrected chi connectivity index (χ0v) is 14.8. The minimum atomic E-state index is -0.164. The maximum Gasteiger partial charge on any atom is 0.271 e. The third kappa shape index (κ3) is 4.29. The summed E-state index contributed by atoms with van der Waals surface area (Å²) in [7, 11) is 0. The van der Waals surface area contributed by atoms with Gasteiger partial charge >= 0.3 is 0 Å². The van der Waals surface area contributed by atoms with Crippen molar-refractivity contribution < 1.29 is 4.79 Å². The lowest BCUT2D eigenvalue weighted by molar-refractivity contribution is 0.0948. The molecule has 1 aromatic heterocycles. The molecular formula is C17H20Cl2N4O. The molecule has 1 saturated heterocycles. The van der Waals surface area contributed by atoms with Crippen molar-refractivity contribution in [2.24, 2.45) is 0 Å². The normalized spacial score (nSPS) is 17.7. The summed E-state index contributed by atoms with van der Waals surface area (Å²) in [6, 6.07) is 7.47. The molecule has 0 radical (unpaired) electrons. The minimum absolute atomic E-state index is 0.164. The first-order chi connectivity index (χ1) is 11.6. The molecule has 1 amide bonds. The molecule has 1 aliphatic heterocycles. The van der Waals surface area contributed by atoms with Crippen LogP contribution in [0.4, 0.5) is 0 Å². The van der Waals surface area contributed by atoms with Crippen molar-refractivity contribution in [3.63, 3.8) is 0 Å². The third-order valence-corrected chi connectivity index (χ3v) is 4.77. The van der Waals surface area contributed by atoms with E-state index in [-0.39, 0.29) is 5.91 Å². The molecule has 2 N–H and O–H groups in total. The van der Waals surface area contributed by atoms with Crippen LogP contribution in [0, 0.1) is 0 Å². The molecule has 1 aliphatic rings. The molecule has 3 rings (SSSR count). The Morgan fingerprint density at radius 1 is 1.38 bits per heavy atom. The summed E-state index contributed by atoms with van der Waals surface area (Å²) in [6.45, 7) is 2.45. The van der Waals surface area contributed by atoms with Crippen LogP contribution in [-0.2, 0) is 6.42 Å². The fourth-order valence-electron chi connectivity index (χ4n) is 2.85. The number of carbonyl (C=O) groups excluding carboxylic acids is 1. The number of hydrogen-bond acceptors (Lipinski definition) is 3. The number of rotatable bonds is 5. The lowest BCUT2D eigenvalue weighted by Gasteiger charge is -2.22. The average molecular weight is 367 g/mol. The first kappa shape index (κ1) is 17.3. The Hall–Kier alpha value is -1.56. The van der Waals surface area contributed by atoms with Gasteiger partial charge in [0.25, 0.3) is 5.91 Å². The highest BCUT2D eigenvalue weighted by Crippen LogP contribution is 2.21. The van der Waals surface area contributed by atoms with Gasteiger partial charge in [-0.1, -0.05) is 29.3 Å². The lowest BCUT2D eigenvalue weighted by Crippen LogP contribution is -2.32. The number of piperidine rings is 1. The summed E-state index contributed by atoms with van der Waals surface area (Å²) in [5.74, 6) is -0.164. The van der Waals surface area contributed by atoms with Gasteiger partial charge in [-0.25, -0.2) is 0 Å². The second kappa shape index (κ2) is 8.01. The van der Waals surface area contributed by atoms with Crippen LogP contribution >= 0.6 is 23.2 Å². The lowest BCUT2D eigenvalue weighted by atomic mass is 10.1. The highest BCUT2D eigenvalue weighted by molar-refractivity contribution is 6.35. The third-order valence-electron chi connectivity index (χ3n) is 4.18. The van der Waals surface area contributed by atoms with Crippen molar-refractivity contribution in [1.29, 1.82) is 0 Å². The van der Waals surface area contributed by atoms with Gasteiger partial charge in [-0.05, 0) is 49.6 Å². The number of halogens is 2. The SMILES string of the molecule is O=C(NCCc1ccc(Cl)cc1Cl)c1ccn(C2CCCNC2)n1. The number of nitrogens with one attached hydrogen (secondary N) is 2. The number of carbonyl (C=O) groups is 1. The number of nitrogens with zero attached hydrogens (tertiary/aromatic N) is 2. The fraction of sp³-hybridized carbons (Fsp3) is 0.412. The second-order valence-corrected chi connectivity index (χ2v) is 6.77. The first-order valence-corrected chi connectivity index (χ1v) is 8.87. The molecule has 0 aliphatic carbocycles. The molecule has 0 saturated carbocycles. The Balaban J connectivity index is 1.52. The Labute approximate surface area is 151 Å². The molecular weight excluding hydrogens is 347 g/mol. The average Bonchev–Trinajstić information content (AvgIpc) is 3.08. The zero-order chi connectivity index (χ0) is 16.9. The van der Waals surface area contributed by atoms with Crippen LogP contribution < -0.4 is 10.6 Å². The molecule has 7 heteroatoms. The first-order valence-electron chi connectivity index (χ1n) is 8.11. The van der Waals surface area contributed by atoms with Crippen LogP contribution in [0.1, 0.15) is 34.9 Å². The molecule has 0 bridgehead atoms. The van der Waals surface area contributed by atoms with Gasteiger partial charge in [0.05, 0.1) is 6.04 Å². The van der Waals surface area contributed by atoms with Crippen LogP contribution in [0.15, 0.2) is 30.5 Å². The van der Waals surface area contributed by atoms with Gasteiger partial charge in [0, 0.05) is 29.3 Å². The van der Waals surface area contributed by atoms with Gasteiger partial charge in [0.2, 0.25) is 0 Å². The van der Waals surface area contributed by atoms with Crippen molar-refractivity contribution in [3.05, 3.63) is 51.8 Å². The minimum Gasteiger partial charge on any atom is -0.350 e. The van der Waals surface area contributed by atoms with E-state index in [0.717, 1.165) is 31.5 Å². The molecule has 0 spiro atoms. The van der Waals surface area contributed by atoms with E-state index in [1.54, 1.807) is 18.2 Å². The van der Waals surface area contributed by atoms with E-state index < -0.39 is 0 Å². The van der Waals surface area contributed by atoms with Gasteiger partial charge < -0.3 is 10.6 Å². The summed E-state index contributed by atoms with van der Waals surface area (Å²) >= 11 is 12.0. The van der Waals surface area contributed by atoms with Crippen LogP contribution in [0.2, 0.25) is 10.0 Å². The largest absolute Gasteiger partial charge is 0.350 e. The highest BCUT2D eigenvalue weighted by atomic mass is 35.5. The van der Waals surface area contributed by atoms with Crippen molar-refractivity contribution in [1.82, 2.24) is 20.4 Å². The molecule has 1 atom stereocenters. The maximum atomic E-state index is 12.2. The fourth-order valence-corrected chi connectivity index (χ4v) is 3.35. The van der Waals surface area contributed by atoms with E-state index in [1.807, 2.05) is 16.9 Å². The van der Waals surface area contributed by atoms with Crippen molar-refractivity contribution in [2.45, 2.75) is 25.3 Å². The summed E-state index contributed by atoms with van der Waals surface area (Å²) in [5, 5.41) is 11.9. The van der Waals surface area contributed by atoms with Crippen LogP contribution in [0.3, 0.4) is 0 Å². The molecule has 1 unspecified atom stereocenters. The molecule has 5 nitrogen and oxygen atoms in total. The van der Waals surface area contributed by atoms with Gasteiger partial charge in [-0.15, -0.1) is 0 Å². The summed E-state index contributed by atoms with van der Waals surface area (Å²) < 4.78 is 1.89. The summed E-state index contributed by atoms with van der Waals surface area (Å²) in [4.78, 5) is 12.2. The van der Waals surface area contributed by atoms with E-state index in [9.17, 15) is 4.79 Å². The summed E-state index contributed by atoms with van der Waals surface area (Å²) in [5.41, 5.74) is 1.41. The smallest absolute Gasteiger partial charge is 0.271 e. The van der Waals surface area contributed by atoms with E-state index in [0.29, 0.717) is 34.7 Å². The van der Waals surface area contributed by atoms with Crippen molar-refractivity contribution in [3.8, 4) is 0 Å². The van der Waals surface area contributed by atoms with Crippen LogP contribution in [0.5, 0.6) is 0 Å². The Morgan fingerprint density at radius 2 is 2.25 bits per heavy atom. The monoisotopic (exact) mass is 366 g/mol. The van der Waals surface area contributed by atoms with E-state index in [4.69, 9.17) is 23.2 Å². The number of hydrogen-bond donors (Lipinski definition) is 2. The summed E-state index contributed by atoms with van der Waals surface area (Å²) in [6.07, 6.45) is 4.75. The Kier molecular flexibility index (Phi) is 5.76. The van der Waals surface area contributed by atoms with E-state index in [2.05, 4.69) is 15.7 Å². The topological polar surface area (TPSA) is 59.0 Å². The van der Waals surface area contributed by atoms with E-state index in [1.165, 1.54) is 0 Å². The standard InChI is InChI=1S/C17H20Cl2N4O/c18-13-4-3-12(15(19)10-13)5-8-21-17(24)16-6-9-23(22-16)14-2-1-7-20-11-14/h3-4,6,9-10,14,20H,1-2,5,7-8,11H2,(H,21,24). The highest BCUT2D eigenvalue weighted by Gasteiger charge is 2.17. The van der Waals surface area contributed by atoms with Gasteiger partial charge in [0.15, 0.2) is 0 Å². The molecule has 24 heavy (non-hydrogen) atoms. The molecule has 2 heterocycles. The molecule has 1 fully saturated rings. The second-order valence-electron chi connectivity index (χ2n) is 5.92. The van der Waals surface area contributed by atoms with Crippen molar-refractivity contribution in [2.75, 3.05) is 19.6 Å². The van der Waals surface area contributed by atoms with Gasteiger partial charge in [-0.2, -0.15) is 5.10 Å². The van der Waals surface area contributed by atoms with Gasteiger partial charge in [-0.3, -0.25) is 9.48 Å². The van der Waals surface area contributed by atoms with Gasteiger partial charge in [0.1, 0.15) is 5.69 Å². The van der Waals surface area contributed by atoms with Crippen molar-refractivity contribution >= 4 is 29.1 Å². The Bertz CT molecular complexity index is 710. The predicted molar refractivity (Wildman–Crippen MR) is 95.9 cm³/mol. The van der Waals surface area contributed by atoms with E-state index >= 15 is 0 Å².